The first-order valence-corrected chi connectivity index (χ1v) is 11.3. The van der Waals surface area contributed by atoms with Gasteiger partial charge in [-0.1, -0.05) is 38.5 Å². The molecule has 0 radical (unpaired) electrons. The molecular formula is C22H31N3O4S. The lowest BCUT2D eigenvalue weighted by Crippen LogP contribution is -2.57. The lowest BCUT2D eigenvalue weighted by atomic mass is 9.99. The average Bonchev–Trinajstić information content (AvgIpc) is 3.14. The third kappa shape index (κ3) is 3.95. The van der Waals surface area contributed by atoms with Crippen LogP contribution in [0, 0.1) is 5.92 Å². The van der Waals surface area contributed by atoms with Crippen molar-refractivity contribution in [2.75, 3.05) is 6.61 Å². The molecule has 0 saturated carbocycles. The van der Waals surface area contributed by atoms with E-state index >= 15 is 0 Å². The number of aliphatic hydroxyl groups excluding tert-OH is 1. The van der Waals surface area contributed by atoms with Gasteiger partial charge in [0.1, 0.15) is 17.5 Å². The summed E-state index contributed by atoms with van der Waals surface area (Å²) in [5.41, 5.74) is 1.56. The lowest BCUT2D eigenvalue weighted by molar-refractivity contribution is -0.132. The number of nitrogens with one attached hydrogen (secondary N) is 2. The zero-order valence-corrected chi connectivity index (χ0v) is 19.0. The van der Waals surface area contributed by atoms with E-state index in [0.717, 1.165) is 12.0 Å². The van der Waals surface area contributed by atoms with Crippen LogP contribution in [0.1, 0.15) is 62.3 Å². The van der Waals surface area contributed by atoms with E-state index in [-0.39, 0.29) is 41.7 Å². The number of rotatable bonds is 7. The number of carbonyl (C=O) groups excluding carboxylic acids is 3. The van der Waals surface area contributed by atoms with Crippen molar-refractivity contribution in [1.82, 2.24) is 15.5 Å². The van der Waals surface area contributed by atoms with Gasteiger partial charge in [0.2, 0.25) is 11.8 Å². The minimum absolute atomic E-state index is 0.119. The van der Waals surface area contributed by atoms with Gasteiger partial charge in [0.15, 0.2) is 0 Å². The number of amides is 3. The first-order chi connectivity index (χ1) is 14.1. The Hall–Kier alpha value is -2.06. The summed E-state index contributed by atoms with van der Waals surface area (Å²) in [5.74, 6) is -0.724. The van der Waals surface area contributed by atoms with Crippen molar-refractivity contribution in [2.24, 2.45) is 5.92 Å². The first-order valence-electron chi connectivity index (χ1n) is 10.4. The summed E-state index contributed by atoms with van der Waals surface area (Å²) in [6.45, 7) is 9.31. The van der Waals surface area contributed by atoms with Crippen molar-refractivity contribution in [3.05, 3.63) is 35.4 Å². The van der Waals surface area contributed by atoms with Gasteiger partial charge in [0.25, 0.3) is 5.91 Å². The Morgan fingerprint density at radius 2 is 1.90 bits per heavy atom. The summed E-state index contributed by atoms with van der Waals surface area (Å²) in [7, 11) is 0. The first kappa shape index (κ1) is 22.6. The standard InChI is InChI=1S/C22H31N3O4S/c1-6-12(2)16(11-26)24-18(27)13(3)23-19(28)17-22(4,5)30-21-15-10-8-7-9-14(15)20(29)25(17)21/h7-10,12-13,16-17,21,26H,6,11H2,1-5H3,(H,23,28)(H,24,27)/t12?,13-,16+,17+,21?/m0/s1. The van der Waals surface area contributed by atoms with E-state index in [1.807, 2.05) is 45.9 Å². The van der Waals surface area contributed by atoms with Gasteiger partial charge in [-0.2, -0.15) is 0 Å². The van der Waals surface area contributed by atoms with Crippen LogP contribution in [0.3, 0.4) is 0 Å². The normalized spacial score (nSPS) is 24.6. The Morgan fingerprint density at radius 1 is 1.23 bits per heavy atom. The van der Waals surface area contributed by atoms with E-state index in [1.54, 1.807) is 29.7 Å². The summed E-state index contributed by atoms with van der Waals surface area (Å²) in [5, 5.41) is 14.9. The zero-order valence-electron chi connectivity index (χ0n) is 18.1. The molecule has 2 aliphatic heterocycles. The van der Waals surface area contributed by atoms with Gasteiger partial charge in [-0.25, -0.2) is 0 Å². The Bertz CT molecular complexity index is 843. The third-order valence-corrected chi connectivity index (χ3v) is 7.69. The van der Waals surface area contributed by atoms with Crippen LogP contribution < -0.4 is 10.6 Å². The van der Waals surface area contributed by atoms with Crippen LogP contribution in [-0.2, 0) is 9.59 Å². The molecule has 164 valence electrons. The van der Waals surface area contributed by atoms with E-state index in [1.165, 1.54) is 0 Å². The van der Waals surface area contributed by atoms with Crippen LogP contribution in [0.2, 0.25) is 0 Å². The summed E-state index contributed by atoms with van der Waals surface area (Å²) in [6, 6.07) is 5.61. The molecule has 30 heavy (non-hydrogen) atoms. The monoisotopic (exact) mass is 433 g/mol. The van der Waals surface area contributed by atoms with Gasteiger partial charge < -0.3 is 20.6 Å². The lowest BCUT2D eigenvalue weighted by Gasteiger charge is -2.31. The molecule has 2 unspecified atom stereocenters. The fraction of sp³-hybridized carbons (Fsp3) is 0.591. The van der Waals surface area contributed by atoms with Crippen molar-refractivity contribution in [2.45, 2.75) is 69.3 Å². The molecule has 8 heteroatoms. The maximum Gasteiger partial charge on any atom is 0.256 e. The number of nitrogens with zero attached hydrogens (tertiary/aromatic N) is 1. The summed E-state index contributed by atoms with van der Waals surface area (Å²) >= 11 is 1.59. The molecule has 3 amide bonds. The van der Waals surface area contributed by atoms with Crippen LogP contribution in [0.25, 0.3) is 0 Å². The molecule has 1 saturated heterocycles. The van der Waals surface area contributed by atoms with Gasteiger partial charge >= 0.3 is 0 Å². The highest BCUT2D eigenvalue weighted by molar-refractivity contribution is 8.01. The zero-order chi connectivity index (χ0) is 22.2. The second-order valence-electron chi connectivity index (χ2n) is 8.69. The Morgan fingerprint density at radius 3 is 2.53 bits per heavy atom. The van der Waals surface area contributed by atoms with E-state index in [4.69, 9.17) is 0 Å². The van der Waals surface area contributed by atoms with Crippen LogP contribution in [0.5, 0.6) is 0 Å². The predicted molar refractivity (Wildman–Crippen MR) is 117 cm³/mol. The highest BCUT2D eigenvalue weighted by atomic mass is 32.2. The van der Waals surface area contributed by atoms with Crippen LogP contribution in [0.4, 0.5) is 0 Å². The summed E-state index contributed by atoms with van der Waals surface area (Å²) in [6.07, 6.45) is 0.818. The molecule has 1 fully saturated rings. The van der Waals surface area contributed by atoms with Crippen LogP contribution in [-0.4, -0.2) is 57.2 Å². The molecule has 2 aliphatic rings. The van der Waals surface area contributed by atoms with Gasteiger partial charge in [0.05, 0.1) is 12.6 Å². The highest BCUT2D eigenvalue weighted by Gasteiger charge is 2.57. The number of hydrogen-bond donors (Lipinski definition) is 3. The van der Waals surface area contributed by atoms with Gasteiger partial charge in [-0.3, -0.25) is 14.4 Å². The van der Waals surface area contributed by atoms with E-state index in [9.17, 15) is 19.5 Å². The number of thioether (sulfide) groups is 1. The molecule has 0 spiro atoms. The van der Waals surface area contributed by atoms with Crippen molar-refractivity contribution < 1.29 is 19.5 Å². The van der Waals surface area contributed by atoms with Gasteiger partial charge in [-0.05, 0) is 38.3 Å². The number of carbonyl (C=O) groups is 3. The predicted octanol–water partition coefficient (Wildman–Crippen LogP) is 2.06. The van der Waals surface area contributed by atoms with Gasteiger partial charge in [-0.15, -0.1) is 11.8 Å². The molecule has 5 atom stereocenters. The van der Waals surface area contributed by atoms with E-state index < -0.39 is 16.8 Å². The molecule has 3 N–H and O–H groups in total. The topological polar surface area (TPSA) is 98.7 Å². The van der Waals surface area contributed by atoms with Gasteiger partial charge in [0, 0.05) is 10.3 Å². The van der Waals surface area contributed by atoms with Crippen molar-refractivity contribution in [1.29, 1.82) is 0 Å². The maximum absolute atomic E-state index is 13.2. The SMILES string of the molecule is CCC(C)[C@@H](CO)NC(=O)[C@H](C)NC(=O)[C@H]1N2C(=O)c3ccccc3C2SC1(C)C. The molecule has 7 nitrogen and oxygen atoms in total. The number of aliphatic hydroxyl groups is 1. The minimum atomic E-state index is -0.782. The van der Waals surface area contributed by atoms with Crippen molar-refractivity contribution in [3.8, 4) is 0 Å². The summed E-state index contributed by atoms with van der Waals surface area (Å²) < 4.78 is -0.501. The minimum Gasteiger partial charge on any atom is -0.394 e. The Labute approximate surface area is 182 Å². The number of hydrogen-bond acceptors (Lipinski definition) is 5. The molecule has 2 heterocycles. The Balaban J connectivity index is 1.73. The smallest absolute Gasteiger partial charge is 0.256 e. The van der Waals surface area contributed by atoms with Crippen LogP contribution in [0.15, 0.2) is 24.3 Å². The fourth-order valence-corrected chi connectivity index (χ4v) is 5.71. The highest BCUT2D eigenvalue weighted by Crippen LogP contribution is 2.56. The van der Waals surface area contributed by atoms with E-state index in [0.29, 0.717) is 5.56 Å². The third-order valence-electron chi connectivity index (χ3n) is 6.15. The number of benzene rings is 1. The molecule has 1 aromatic rings. The molecule has 0 bridgehead atoms. The van der Waals surface area contributed by atoms with Crippen LogP contribution >= 0.6 is 11.8 Å². The quantitative estimate of drug-likeness (QED) is 0.611. The molecule has 0 aromatic heterocycles. The number of fused-ring (bicyclic) bond motifs is 3. The molecule has 0 aliphatic carbocycles. The van der Waals surface area contributed by atoms with E-state index in [2.05, 4.69) is 10.6 Å². The summed E-state index contributed by atoms with van der Waals surface area (Å²) in [4.78, 5) is 40.5. The largest absolute Gasteiger partial charge is 0.394 e. The average molecular weight is 434 g/mol. The molecular weight excluding hydrogens is 402 g/mol. The Kier molecular flexibility index (Phi) is 6.48. The maximum atomic E-state index is 13.2. The van der Waals surface area contributed by atoms with Crippen molar-refractivity contribution >= 4 is 29.5 Å². The second kappa shape index (κ2) is 8.59. The second-order valence-corrected chi connectivity index (χ2v) is 10.4. The molecule has 1 aromatic carbocycles. The fourth-order valence-electron chi connectivity index (χ4n) is 4.12. The molecule has 3 rings (SSSR count). The van der Waals surface area contributed by atoms with Crippen molar-refractivity contribution in [3.63, 3.8) is 0 Å².